The fourth-order valence-electron chi connectivity index (χ4n) is 8.19. The van der Waals surface area contributed by atoms with E-state index in [-0.39, 0.29) is 16.7 Å². The molecule has 0 aliphatic carbocycles. The van der Waals surface area contributed by atoms with Crippen molar-refractivity contribution in [2.45, 2.75) is 76.0 Å². The molecule has 3 aromatic carbocycles. The normalized spacial score (nSPS) is 17.5. The first kappa shape index (κ1) is 43.8. The first-order chi connectivity index (χ1) is 26.4. The van der Waals surface area contributed by atoms with Gasteiger partial charge in [-0.1, -0.05) is 61.9 Å². The van der Waals surface area contributed by atoms with E-state index >= 15 is 0 Å². The number of hydrogen-bond acceptors (Lipinski definition) is 4. The van der Waals surface area contributed by atoms with Crippen LogP contribution in [-0.2, 0) is 32.2 Å². The molecule has 5 rings (SSSR count). The number of hydrogen-bond donors (Lipinski definition) is 2. The summed E-state index contributed by atoms with van der Waals surface area (Å²) in [6, 6.07) is 19.9. The molecule has 0 aromatic heterocycles. The van der Waals surface area contributed by atoms with Gasteiger partial charge in [0.05, 0.1) is 72.1 Å². The molecule has 306 valence electrons. The van der Waals surface area contributed by atoms with Crippen LogP contribution >= 0.6 is 0 Å². The third-order valence-corrected chi connectivity index (χ3v) is 12.2. The van der Waals surface area contributed by atoms with Crippen LogP contribution in [0.1, 0.15) is 74.8 Å². The number of carboxylic acids is 1. The molecule has 0 unspecified atom stereocenters. The summed E-state index contributed by atoms with van der Waals surface area (Å²) < 4.78 is 38.6. The summed E-state index contributed by atoms with van der Waals surface area (Å²) >= 11 is 0. The van der Waals surface area contributed by atoms with Crippen LogP contribution in [0.3, 0.4) is 0 Å². The predicted molar refractivity (Wildman–Crippen MR) is 233 cm³/mol. The summed E-state index contributed by atoms with van der Waals surface area (Å²) in [6.07, 6.45) is 11.3. The Morgan fingerprint density at radius 3 is 2.11 bits per heavy atom. The average molecular weight is 798 g/mol. The Bertz CT molecular complexity index is 2230. The van der Waals surface area contributed by atoms with Crippen LogP contribution in [0.2, 0.25) is 0 Å². The fraction of sp³-hybridized carbons (Fsp3) is 0.447. The lowest BCUT2D eigenvalue weighted by molar-refractivity contribution is -0.871. The van der Waals surface area contributed by atoms with E-state index in [1.54, 1.807) is 6.07 Å². The largest absolute Gasteiger partial charge is 0.481 e. The number of anilines is 1. The molecule has 0 amide bonds. The van der Waals surface area contributed by atoms with Gasteiger partial charge >= 0.3 is 5.97 Å². The Kier molecular flexibility index (Phi) is 12.7. The van der Waals surface area contributed by atoms with Crippen molar-refractivity contribution in [1.29, 1.82) is 0 Å². The lowest BCUT2D eigenvalue weighted by Gasteiger charge is -2.29. The van der Waals surface area contributed by atoms with Gasteiger partial charge in [-0.25, -0.2) is 0 Å². The highest BCUT2D eigenvalue weighted by molar-refractivity contribution is 7.85. The third-order valence-electron chi connectivity index (χ3n) is 11.4. The summed E-state index contributed by atoms with van der Waals surface area (Å²) in [4.78, 5) is 13.7. The maximum atomic E-state index is 12.3. The molecule has 0 atom stereocenters. The summed E-state index contributed by atoms with van der Waals surface area (Å²) in [7, 11) is 8.85. The number of fused-ring (bicyclic) bond motifs is 2. The molecule has 0 saturated carbocycles. The second-order valence-electron chi connectivity index (χ2n) is 18.9. The molecule has 2 aliphatic rings. The van der Waals surface area contributed by atoms with Gasteiger partial charge in [-0.15, -0.1) is 0 Å². The van der Waals surface area contributed by atoms with Crippen molar-refractivity contribution in [1.82, 2.24) is 0 Å². The quantitative estimate of drug-likeness (QED) is 0.0658. The van der Waals surface area contributed by atoms with E-state index in [0.29, 0.717) is 6.42 Å². The minimum Gasteiger partial charge on any atom is -0.481 e. The van der Waals surface area contributed by atoms with Gasteiger partial charge in [0.15, 0.2) is 12.3 Å². The van der Waals surface area contributed by atoms with E-state index in [2.05, 4.69) is 141 Å². The van der Waals surface area contributed by atoms with Gasteiger partial charge in [0, 0.05) is 53.9 Å². The minimum absolute atomic E-state index is 0.0737. The fourth-order valence-corrected chi connectivity index (χ4v) is 8.70. The van der Waals surface area contributed by atoms with E-state index in [9.17, 15) is 22.9 Å². The number of nitrogens with zero attached hydrogens (tertiary/aromatic N) is 4. The topological polar surface area (TPSA) is 97.9 Å². The molecule has 9 nitrogen and oxygen atoms in total. The average Bonchev–Trinajstić information content (AvgIpc) is 3.43. The Morgan fingerprint density at radius 2 is 1.49 bits per heavy atom. The zero-order chi connectivity index (χ0) is 42.1. The molecule has 57 heavy (non-hydrogen) atoms. The van der Waals surface area contributed by atoms with Crippen LogP contribution in [0.15, 0.2) is 95.6 Å². The van der Waals surface area contributed by atoms with Gasteiger partial charge in [-0.05, 0) is 79.8 Å². The highest BCUT2D eigenvalue weighted by Crippen LogP contribution is 2.48. The Labute approximate surface area is 341 Å². The number of allylic oxidation sites excluding steroid dienone is 6. The molecule has 2 heterocycles. The molecule has 10 heteroatoms. The predicted octanol–water partition coefficient (Wildman–Crippen LogP) is 8.15. The summed E-state index contributed by atoms with van der Waals surface area (Å²) in [5.41, 5.74) is 10.0. The van der Waals surface area contributed by atoms with Crippen molar-refractivity contribution in [3.05, 3.63) is 118 Å². The Hall–Kier alpha value is -4.35. The summed E-state index contributed by atoms with van der Waals surface area (Å²) in [5, 5.41) is 9.30. The van der Waals surface area contributed by atoms with Crippen molar-refractivity contribution < 1.29 is 36.4 Å². The van der Waals surface area contributed by atoms with Crippen molar-refractivity contribution in [3.63, 3.8) is 0 Å². The summed E-state index contributed by atoms with van der Waals surface area (Å²) in [6.45, 7) is 14.6. The van der Waals surface area contributed by atoms with E-state index in [1.807, 2.05) is 18.2 Å². The highest BCUT2D eigenvalue weighted by Gasteiger charge is 2.45. The number of quaternary nitrogens is 2. The van der Waals surface area contributed by atoms with E-state index in [1.165, 1.54) is 28.6 Å². The Balaban J connectivity index is 1.65. The molecule has 3 aromatic rings. The third kappa shape index (κ3) is 10.4. The lowest BCUT2D eigenvalue weighted by Crippen LogP contribution is -2.37. The second kappa shape index (κ2) is 16.5. The minimum atomic E-state index is -4.39. The number of aryl methyl sites for hydroxylation is 2. The van der Waals surface area contributed by atoms with E-state index in [4.69, 9.17) is 0 Å². The standard InChI is InChI=1S/C47H63N4O5S/c1-34-14-23-41-39(32-34)46(2,3)43(48(41)28-12-30-50(6,7)8)25-20-37(36-18-15-35(16-19-36)17-27-45(52)53)21-26-44-47(4,5)40-33-38(57(54,55)56)22-24-42(40)49(44)29-13-31-51(9,10)11/h14-16,18-26,32-33H,12-13,17,27-31H2,1-11H3/q+1/p+2. The number of aliphatic carboxylic acids is 1. The van der Waals surface area contributed by atoms with Gasteiger partial charge < -0.3 is 19.0 Å². The van der Waals surface area contributed by atoms with Crippen LogP contribution in [0, 0.1) is 6.92 Å². The van der Waals surface area contributed by atoms with Gasteiger partial charge in [0.1, 0.15) is 0 Å². The maximum Gasteiger partial charge on any atom is 0.303 e. The monoisotopic (exact) mass is 797 g/mol. The molecule has 2 N–H and O–H groups in total. The zero-order valence-corrected chi connectivity index (χ0v) is 36.9. The molecule has 2 aliphatic heterocycles. The smallest absolute Gasteiger partial charge is 0.303 e. The van der Waals surface area contributed by atoms with E-state index in [0.717, 1.165) is 81.6 Å². The van der Waals surface area contributed by atoms with Crippen LogP contribution in [0.4, 0.5) is 11.4 Å². The van der Waals surface area contributed by atoms with Crippen LogP contribution in [0.5, 0.6) is 0 Å². The number of benzene rings is 3. The molecule has 0 bridgehead atoms. The first-order valence-corrected chi connectivity index (χ1v) is 21.5. The molecular weight excluding hydrogens is 733 g/mol. The van der Waals surface area contributed by atoms with Crippen molar-refractivity contribution in [3.8, 4) is 0 Å². The lowest BCUT2D eigenvalue weighted by atomic mass is 9.81. The molecule has 0 saturated heterocycles. The van der Waals surface area contributed by atoms with Crippen molar-refractivity contribution in [2.75, 3.05) is 73.4 Å². The van der Waals surface area contributed by atoms with Gasteiger partial charge in [-0.3, -0.25) is 9.35 Å². The summed E-state index contributed by atoms with van der Waals surface area (Å²) in [5.74, 6) is -0.817. The SMILES string of the molecule is Cc1ccc2c(c1)C(C)(C)C(=CC=C(C=CC1=[N+](CCC[N+](C)(C)C)c3ccc(S(=O)(=O)O)cc3C1(C)C)c1ccc(CCC(=O)O)cc1)N2CCC[N+](C)(C)C. The molecule has 0 radical (unpaired) electrons. The maximum absolute atomic E-state index is 12.3. The van der Waals surface area contributed by atoms with Crippen LogP contribution in [0.25, 0.3) is 5.57 Å². The van der Waals surface area contributed by atoms with Crippen molar-refractivity contribution in [2.24, 2.45) is 0 Å². The number of carbonyl (C=O) groups is 1. The highest BCUT2D eigenvalue weighted by atomic mass is 32.2. The first-order valence-electron chi connectivity index (χ1n) is 20.1. The van der Waals surface area contributed by atoms with Crippen LogP contribution < -0.4 is 4.90 Å². The number of carboxylic acid groups (broad SMARTS) is 1. The number of rotatable bonds is 16. The van der Waals surface area contributed by atoms with Gasteiger partial charge in [0.2, 0.25) is 5.69 Å². The van der Waals surface area contributed by atoms with Crippen LogP contribution in [-0.4, -0.2) is 112 Å². The van der Waals surface area contributed by atoms with Gasteiger partial charge in [-0.2, -0.15) is 13.0 Å². The van der Waals surface area contributed by atoms with E-state index < -0.39 is 21.5 Å². The van der Waals surface area contributed by atoms with Gasteiger partial charge in [0.25, 0.3) is 10.1 Å². The van der Waals surface area contributed by atoms with Crippen molar-refractivity contribution >= 4 is 38.7 Å². The zero-order valence-electron chi connectivity index (χ0n) is 36.1. The second-order valence-corrected chi connectivity index (χ2v) is 20.4. The Morgan fingerprint density at radius 1 is 0.842 bits per heavy atom. The molecule has 0 fully saturated rings. The molecular formula is C47H65N4O5S+3. The molecule has 0 spiro atoms.